The number of aryl methyl sites for hydroxylation is 1. The van der Waals surface area contributed by atoms with Crippen LogP contribution in [0.3, 0.4) is 0 Å². The summed E-state index contributed by atoms with van der Waals surface area (Å²) in [4.78, 5) is 8.56. The van der Waals surface area contributed by atoms with Gasteiger partial charge in [0, 0.05) is 0 Å². The summed E-state index contributed by atoms with van der Waals surface area (Å²) in [5, 5.41) is 13.9. The Labute approximate surface area is 157 Å². The Balaban J connectivity index is 0.000000765. The molecule has 0 atom stereocenters. The zero-order valence-corrected chi connectivity index (χ0v) is 16.4. The summed E-state index contributed by atoms with van der Waals surface area (Å²) in [6.07, 6.45) is 3.09. The second-order valence-corrected chi connectivity index (χ2v) is 7.46. The highest BCUT2D eigenvalue weighted by Crippen LogP contribution is 2.29. The van der Waals surface area contributed by atoms with Crippen LogP contribution in [0.15, 0.2) is 48.5 Å². The Kier molecular flexibility index (Phi) is 9.50. The largest absolute Gasteiger partial charge is 0.503 e. The van der Waals surface area contributed by atoms with Crippen LogP contribution in [-0.4, -0.2) is 16.4 Å². The maximum atomic E-state index is 8.56. The van der Waals surface area contributed by atoms with Crippen LogP contribution in [0.5, 0.6) is 0 Å². The Hall–Kier alpha value is -2.29. The zero-order valence-electron chi connectivity index (χ0n) is 16.4. The van der Waals surface area contributed by atoms with E-state index in [1.807, 2.05) is 0 Å². The lowest BCUT2D eigenvalue weighted by Crippen LogP contribution is -2.02. The van der Waals surface area contributed by atoms with Crippen molar-refractivity contribution < 1.29 is 15.0 Å². The second kappa shape index (κ2) is 11.3. The standard InChI is InChI=1S/C22H30.CH2O3/c1-17(2)13-15-20-11-8-12-21(19-9-6-5-7-10-19)22(20)16-14-18(3)4;2-1(3)4/h5-12,17-18H,13-16H2,1-4H3;(H2,2,3,4). The Morgan fingerprint density at radius 3 is 1.88 bits per heavy atom. The van der Waals surface area contributed by atoms with Gasteiger partial charge in [-0.15, -0.1) is 0 Å². The lowest BCUT2D eigenvalue weighted by atomic mass is 9.88. The molecule has 0 spiro atoms. The van der Waals surface area contributed by atoms with Crippen LogP contribution in [0.2, 0.25) is 0 Å². The van der Waals surface area contributed by atoms with Gasteiger partial charge >= 0.3 is 6.16 Å². The summed E-state index contributed by atoms with van der Waals surface area (Å²) in [6, 6.07) is 17.7. The Morgan fingerprint density at radius 1 is 0.808 bits per heavy atom. The minimum Gasteiger partial charge on any atom is -0.450 e. The van der Waals surface area contributed by atoms with Gasteiger partial charge in [-0.05, 0) is 59.8 Å². The fourth-order valence-corrected chi connectivity index (χ4v) is 2.93. The van der Waals surface area contributed by atoms with Gasteiger partial charge in [0.15, 0.2) is 0 Å². The quantitative estimate of drug-likeness (QED) is 0.576. The third-order valence-corrected chi connectivity index (χ3v) is 4.32. The summed E-state index contributed by atoms with van der Waals surface area (Å²) < 4.78 is 0. The molecule has 0 fully saturated rings. The summed E-state index contributed by atoms with van der Waals surface area (Å²) in [5.41, 5.74) is 5.91. The first-order valence-corrected chi connectivity index (χ1v) is 9.39. The number of hydrogen-bond acceptors (Lipinski definition) is 1. The first kappa shape index (κ1) is 21.8. The highest BCUT2D eigenvalue weighted by atomic mass is 16.6. The van der Waals surface area contributed by atoms with Crippen molar-refractivity contribution in [1.82, 2.24) is 0 Å². The molecule has 0 saturated heterocycles. The summed E-state index contributed by atoms with van der Waals surface area (Å²) in [7, 11) is 0. The van der Waals surface area contributed by atoms with Gasteiger partial charge in [-0.1, -0.05) is 76.2 Å². The van der Waals surface area contributed by atoms with Gasteiger partial charge in [0.2, 0.25) is 0 Å². The van der Waals surface area contributed by atoms with Crippen molar-refractivity contribution in [2.24, 2.45) is 11.8 Å². The number of benzene rings is 2. The summed E-state index contributed by atoms with van der Waals surface area (Å²) >= 11 is 0. The van der Waals surface area contributed by atoms with E-state index in [9.17, 15) is 0 Å². The van der Waals surface area contributed by atoms with Gasteiger partial charge in [-0.25, -0.2) is 4.79 Å². The average molecular weight is 357 g/mol. The smallest absolute Gasteiger partial charge is 0.450 e. The van der Waals surface area contributed by atoms with Crippen LogP contribution >= 0.6 is 0 Å². The molecule has 0 saturated carbocycles. The number of rotatable bonds is 7. The topological polar surface area (TPSA) is 57.5 Å². The second-order valence-electron chi connectivity index (χ2n) is 7.46. The first-order valence-electron chi connectivity index (χ1n) is 9.39. The molecule has 0 heterocycles. The molecule has 0 unspecified atom stereocenters. The van der Waals surface area contributed by atoms with E-state index in [0.717, 1.165) is 11.8 Å². The highest BCUT2D eigenvalue weighted by Gasteiger charge is 2.11. The van der Waals surface area contributed by atoms with Crippen LogP contribution in [0.4, 0.5) is 4.79 Å². The number of hydrogen-bond donors (Lipinski definition) is 2. The predicted molar refractivity (Wildman–Crippen MR) is 109 cm³/mol. The van der Waals surface area contributed by atoms with Gasteiger partial charge in [0.25, 0.3) is 0 Å². The molecular weight excluding hydrogens is 324 g/mol. The van der Waals surface area contributed by atoms with E-state index in [1.165, 1.54) is 36.8 Å². The van der Waals surface area contributed by atoms with E-state index in [-0.39, 0.29) is 0 Å². The average Bonchev–Trinajstić information content (AvgIpc) is 2.58. The molecule has 0 bridgehead atoms. The van der Waals surface area contributed by atoms with Gasteiger partial charge in [0.05, 0.1) is 0 Å². The van der Waals surface area contributed by atoms with Gasteiger partial charge < -0.3 is 10.2 Å². The Bertz CT molecular complexity index is 656. The molecule has 142 valence electrons. The molecule has 2 aromatic carbocycles. The van der Waals surface area contributed by atoms with Crippen molar-refractivity contribution in [3.63, 3.8) is 0 Å². The molecule has 0 radical (unpaired) electrons. The highest BCUT2D eigenvalue weighted by molar-refractivity contribution is 5.68. The van der Waals surface area contributed by atoms with Crippen molar-refractivity contribution >= 4 is 6.16 Å². The van der Waals surface area contributed by atoms with Gasteiger partial charge in [-0.3, -0.25) is 0 Å². The summed E-state index contributed by atoms with van der Waals surface area (Å²) in [6.45, 7) is 9.27. The van der Waals surface area contributed by atoms with Crippen LogP contribution in [0.25, 0.3) is 11.1 Å². The van der Waals surface area contributed by atoms with Crippen molar-refractivity contribution in [3.8, 4) is 11.1 Å². The van der Waals surface area contributed by atoms with E-state index < -0.39 is 6.16 Å². The van der Waals surface area contributed by atoms with E-state index in [0.29, 0.717) is 0 Å². The van der Waals surface area contributed by atoms with Crippen molar-refractivity contribution in [1.29, 1.82) is 0 Å². The molecule has 26 heavy (non-hydrogen) atoms. The number of carboxylic acid groups (broad SMARTS) is 2. The lowest BCUT2D eigenvalue weighted by molar-refractivity contribution is 0.137. The van der Waals surface area contributed by atoms with Crippen LogP contribution in [0.1, 0.15) is 51.7 Å². The number of carbonyl (C=O) groups is 1. The van der Waals surface area contributed by atoms with E-state index in [1.54, 1.807) is 11.1 Å². The SMILES string of the molecule is CC(C)CCc1cccc(-c2ccccc2)c1CCC(C)C.O=C(O)O. The van der Waals surface area contributed by atoms with Crippen molar-refractivity contribution in [2.45, 2.75) is 53.4 Å². The third kappa shape index (κ3) is 8.19. The lowest BCUT2D eigenvalue weighted by Gasteiger charge is -2.17. The van der Waals surface area contributed by atoms with E-state index in [2.05, 4.69) is 76.2 Å². The monoisotopic (exact) mass is 356 g/mol. The zero-order chi connectivity index (χ0) is 19.5. The summed E-state index contributed by atoms with van der Waals surface area (Å²) in [5.74, 6) is 1.51. The van der Waals surface area contributed by atoms with Crippen LogP contribution in [0, 0.1) is 11.8 Å². The molecule has 0 aromatic heterocycles. The molecule has 0 aliphatic heterocycles. The molecule has 0 amide bonds. The Morgan fingerprint density at radius 2 is 1.35 bits per heavy atom. The minimum absolute atomic E-state index is 0.752. The molecule has 0 aliphatic carbocycles. The molecule has 3 heteroatoms. The molecule has 2 rings (SSSR count). The third-order valence-electron chi connectivity index (χ3n) is 4.32. The molecule has 0 aliphatic rings. The van der Waals surface area contributed by atoms with Crippen molar-refractivity contribution in [3.05, 3.63) is 59.7 Å². The van der Waals surface area contributed by atoms with Gasteiger partial charge in [-0.2, -0.15) is 0 Å². The minimum atomic E-state index is -1.83. The fraction of sp³-hybridized carbons (Fsp3) is 0.435. The molecular formula is C23H32O3. The maximum Gasteiger partial charge on any atom is 0.503 e. The van der Waals surface area contributed by atoms with Gasteiger partial charge in [0.1, 0.15) is 0 Å². The predicted octanol–water partition coefficient (Wildman–Crippen LogP) is 6.75. The molecule has 2 aromatic rings. The van der Waals surface area contributed by atoms with Crippen LogP contribution in [-0.2, 0) is 12.8 Å². The van der Waals surface area contributed by atoms with Crippen LogP contribution < -0.4 is 0 Å². The van der Waals surface area contributed by atoms with E-state index in [4.69, 9.17) is 15.0 Å². The van der Waals surface area contributed by atoms with Crippen molar-refractivity contribution in [2.75, 3.05) is 0 Å². The first-order chi connectivity index (χ1) is 12.3. The maximum absolute atomic E-state index is 8.56. The fourth-order valence-electron chi connectivity index (χ4n) is 2.93. The van der Waals surface area contributed by atoms with E-state index >= 15 is 0 Å². The normalized spacial score (nSPS) is 10.5. The molecule has 3 nitrogen and oxygen atoms in total. The molecule has 2 N–H and O–H groups in total.